The zero-order valence-electron chi connectivity index (χ0n) is 16.6. The van der Waals surface area contributed by atoms with Crippen LogP contribution in [0, 0.1) is 17.0 Å². The molecule has 1 aliphatic rings. The summed E-state index contributed by atoms with van der Waals surface area (Å²) in [5.74, 6) is 0.0673. The van der Waals surface area contributed by atoms with E-state index in [1.165, 1.54) is 6.42 Å². The molecule has 0 aliphatic carbocycles. The van der Waals surface area contributed by atoms with Gasteiger partial charge in [-0.05, 0) is 56.7 Å². The van der Waals surface area contributed by atoms with Gasteiger partial charge < -0.3 is 9.84 Å². The van der Waals surface area contributed by atoms with Gasteiger partial charge in [0.2, 0.25) is 6.41 Å². The average molecular weight is 364 g/mol. The van der Waals surface area contributed by atoms with Crippen molar-refractivity contribution in [2.75, 3.05) is 13.1 Å². The maximum Gasteiger partial charge on any atom is 0.273 e. The Morgan fingerprint density at radius 2 is 1.88 bits per heavy atom. The average Bonchev–Trinajstić information content (AvgIpc) is 2.56. The fourth-order valence-corrected chi connectivity index (χ4v) is 3.57. The summed E-state index contributed by atoms with van der Waals surface area (Å²) in [4.78, 5) is 13.0. The number of benzene rings is 1. The lowest BCUT2D eigenvalue weighted by Gasteiger charge is -2.36. The van der Waals surface area contributed by atoms with E-state index in [1.54, 1.807) is 6.07 Å². The topological polar surface area (TPSA) is 75.8 Å². The van der Waals surface area contributed by atoms with Crippen molar-refractivity contribution >= 4 is 5.69 Å². The molecule has 1 aliphatic heterocycles. The number of likely N-dealkylation sites (tertiary alicyclic amines) is 1. The molecular formula is C20H32N2O4. The van der Waals surface area contributed by atoms with Crippen molar-refractivity contribution in [2.45, 2.75) is 78.2 Å². The molecule has 1 aromatic rings. The quantitative estimate of drug-likeness (QED) is 0.447. The molecule has 1 heterocycles. The first kappa shape index (κ1) is 20.8. The molecule has 1 aromatic carbocycles. The third-order valence-electron chi connectivity index (χ3n) is 5.05. The maximum atomic E-state index is 11.3. The van der Waals surface area contributed by atoms with Crippen molar-refractivity contribution in [3.8, 4) is 0 Å². The minimum Gasteiger partial charge on any atom is -0.356 e. The number of hydrogen-bond donors (Lipinski definition) is 1. The Morgan fingerprint density at radius 3 is 2.42 bits per heavy atom. The summed E-state index contributed by atoms with van der Waals surface area (Å²) in [6, 6.07) is 3.58. The second-order valence-electron chi connectivity index (χ2n) is 8.23. The summed E-state index contributed by atoms with van der Waals surface area (Å²) >= 11 is 0. The van der Waals surface area contributed by atoms with Gasteiger partial charge in [0.25, 0.3) is 5.69 Å². The van der Waals surface area contributed by atoms with Gasteiger partial charge in [0, 0.05) is 31.1 Å². The SMILES string of the molecule is Cc1cc([N+](=O)[O-])c(C(C)C)cc1CC(C)(C)OC(O)N1CCCCC1. The van der Waals surface area contributed by atoms with E-state index in [4.69, 9.17) is 4.74 Å². The van der Waals surface area contributed by atoms with Crippen LogP contribution in [0.5, 0.6) is 0 Å². The zero-order chi connectivity index (χ0) is 19.5. The highest BCUT2D eigenvalue weighted by molar-refractivity contribution is 5.49. The van der Waals surface area contributed by atoms with E-state index in [2.05, 4.69) is 0 Å². The first-order valence-corrected chi connectivity index (χ1v) is 9.48. The lowest BCUT2D eigenvalue weighted by molar-refractivity contribution is -0.385. The van der Waals surface area contributed by atoms with E-state index >= 15 is 0 Å². The number of nitro groups is 1. The largest absolute Gasteiger partial charge is 0.356 e. The van der Waals surface area contributed by atoms with Crippen molar-refractivity contribution < 1.29 is 14.8 Å². The third-order valence-corrected chi connectivity index (χ3v) is 5.05. The first-order chi connectivity index (χ1) is 12.1. The standard InChI is InChI=1S/C20H32N2O4/c1-14(2)17-12-16(15(3)11-18(17)22(24)25)13-20(4,5)26-19(23)21-9-7-6-8-10-21/h11-12,14,19,23H,6-10,13H2,1-5H3. The highest BCUT2D eigenvalue weighted by Crippen LogP contribution is 2.32. The van der Waals surface area contributed by atoms with Crippen LogP contribution in [0.2, 0.25) is 0 Å². The Labute approximate surface area is 156 Å². The van der Waals surface area contributed by atoms with Crippen LogP contribution in [0.25, 0.3) is 0 Å². The Morgan fingerprint density at radius 1 is 1.27 bits per heavy atom. The molecule has 6 heteroatoms. The van der Waals surface area contributed by atoms with Crippen LogP contribution in [0.15, 0.2) is 12.1 Å². The summed E-state index contributed by atoms with van der Waals surface area (Å²) in [5, 5.41) is 21.8. The Kier molecular flexibility index (Phi) is 6.77. The number of nitrogens with zero attached hydrogens (tertiary/aromatic N) is 2. The zero-order valence-corrected chi connectivity index (χ0v) is 16.6. The highest BCUT2D eigenvalue weighted by Gasteiger charge is 2.29. The smallest absolute Gasteiger partial charge is 0.273 e. The predicted octanol–water partition coefficient (Wildman–Crippen LogP) is 4.13. The van der Waals surface area contributed by atoms with Crippen molar-refractivity contribution in [1.82, 2.24) is 4.90 Å². The number of aliphatic hydroxyl groups excluding tert-OH is 1. The van der Waals surface area contributed by atoms with Crippen LogP contribution >= 0.6 is 0 Å². The summed E-state index contributed by atoms with van der Waals surface area (Å²) in [7, 11) is 0. The Balaban J connectivity index is 2.17. The van der Waals surface area contributed by atoms with Crippen LogP contribution in [0.3, 0.4) is 0 Å². The van der Waals surface area contributed by atoms with E-state index in [0.717, 1.165) is 42.6 Å². The molecule has 0 aromatic heterocycles. The van der Waals surface area contributed by atoms with Crippen LogP contribution in [-0.4, -0.2) is 40.0 Å². The summed E-state index contributed by atoms with van der Waals surface area (Å²) < 4.78 is 5.96. The summed E-state index contributed by atoms with van der Waals surface area (Å²) in [5.41, 5.74) is 2.24. The van der Waals surface area contributed by atoms with Gasteiger partial charge in [-0.1, -0.05) is 20.3 Å². The van der Waals surface area contributed by atoms with Crippen molar-refractivity contribution in [2.24, 2.45) is 0 Å². The number of hydrogen-bond acceptors (Lipinski definition) is 5. The number of nitro benzene ring substituents is 1. The fourth-order valence-electron chi connectivity index (χ4n) is 3.57. The lowest BCUT2D eigenvalue weighted by Crippen LogP contribution is -2.45. The molecular weight excluding hydrogens is 332 g/mol. The van der Waals surface area contributed by atoms with Crippen molar-refractivity contribution in [3.63, 3.8) is 0 Å². The molecule has 2 rings (SSSR count). The van der Waals surface area contributed by atoms with E-state index < -0.39 is 12.0 Å². The molecule has 0 bridgehead atoms. The number of aliphatic hydroxyl groups is 1. The second kappa shape index (κ2) is 8.46. The predicted molar refractivity (Wildman–Crippen MR) is 102 cm³/mol. The van der Waals surface area contributed by atoms with Gasteiger partial charge in [-0.3, -0.25) is 15.0 Å². The van der Waals surface area contributed by atoms with E-state index in [9.17, 15) is 15.2 Å². The van der Waals surface area contributed by atoms with Gasteiger partial charge in [0.15, 0.2) is 0 Å². The molecule has 1 saturated heterocycles. The van der Waals surface area contributed by atoms with Gasteiger partial charge in [0.1, 0.15) is 0 Å². The van der Waals surface area contributed by atoms with Crippen LogP contribution in [-0.2, 0) is 11.2 Å². The summed E-state index contributed by atoms with van der Waals surface area (Å²) in [6.45, 7) is 11.4. The van der Waals surface area contributed by atoms with Gasteiger partial charge in [-0.2, -0.15) is 0 Å². The van der Waals surface area contributed by atoms with Crippen LogP contribution in [0.4, 0.5) is 5.69 Å². The molecule has 1 N–H and O–H groups in total. The van der Waals surface area contributed by atoms with Gasteiger partial charge in [-0.15, -0.1) is 0 Å². The Bertz CT molecular complexity index is 637. The minimum absolute atomic E-state index is 0.0673. The van der Waals surface area contributed by atoms with E-state index in [-0.39, 0.29) is 16.5 Å². The number of piperidine rings is 1. The molecule has 0 radical (unpaired) electrons. The molecule has 0 saturated carbocycles. The maximum absolute atomic E-state index is 11.3. The van der Waals surface area contributed by atoms with Crippen molar-refractivity contribution in [1.29, 1.82) is 0 Å². The van der Waals surface area contributed by atoms with Crippen LogP contribution in [0.1, 0.15) is 69.6 Å². The fraction of sp³-hybridized carbons (Fsp3) is 0.700. The van der Waals surface area contributed by atoms with E-state index in [0.29, 0.717) is 6.42 Å². The number of rotatable bonds is 7. The molecule has 1 fully saturated rings. The number of ether oxygens (including phenoxy) is 1. The number of aryl methyl sites for hydroxylation is 1. The first-order valence-electron chi connectivity index (χ1n) is 9.48. The molecule has 1 atom stereocenters. The van der Waals surface area contributed by atoms with Crippen LogP contribution < -0.4 is 0 Å². The molecule has 146 valence electrons. The van der Waals surface area contributed by atoms with Crippen molar-refractivity contribution in [3.05, 3.63) is 38.9 Å². The molecule has 0 spiro atoms. The highest BCUT2D eigenvalue weighted by atomic mass is 16.6. The minimum atomic E-state index is -0.909. The lowest BCUT2D eigenvalue weighted by atomic mass is 9.90. The molecule has 26 heavy (non-hydrogen) atoms. The molecule has 1 unspecified atom stereocenters. The van der Waals surface area contributed by atoms with Gasteiger partial charge in [-0.25, -0.2) is 0 Å². The van der Waals surface area contributed by atoms with Gasteiger partial charge in [0.05, 0.1) is 10.5 Å². The molecule has 6 nitrogen and oxygen atoms in total. The van der Waals surface area contributed by atoms with Gasteiger partial charge >= 0.3 is 0 Å². The monoisotopic (exact) mass is 364 g/mol. The summed E-state index contributed by atoms with van der Waals surface area (Å²) in [6.07, 6.45) is 3.04. The molecule has 0 amide bonds. The van der Waals surface area contributed by atoms with E-state index in [1.807, 2.05) is 45.6 Å². The second-order valence-corrected chi connectivity index (χ2v) is 8.23. The Hall–Kier alpha value is -1.50. The third kappa shape index (κ3) is 5.25. The normalized spacial score (nSPS) is 17.5.